The summed E-state index contributed by atoms with van der Waals surface area (Å²) >= 11 is 0. The van der Waals surface area contributed by atoms with Crippen LogP contribution in [0.5, 0.6) is 17.2 Å². The van der Waals surface area contributed by atoms with Gasteiger partial charge in [0.2, 0.25) is 5.75 Å². The van der Waals surface area contributed by atoms with E-state index in [9.17, 15) is 14.7 Å². The Morgan fingerprint density at radius 1 is 1.07 bits per heavy atom. The lowest BCUT2D eigenvalue weighted by Crippen LogP contribution is -2.22. The van der Waals surface area contributed by atoms with Crippen molar-refractivity contribution in [2.24, 2.45) is 0 Å². The lowest BCUT2D eigenvalue weighted by molar-refractivity contribution is 0.0696. The second-order valence-electron chi connectivity index (χ2n) is 6.65. The molecule has 1 atom stereocenters. The molecule has 4 rings (SSSR count). The number of benzene rings is 3. The average Bonchev–Trinajstić information content (AvgIpc) is 2.71. The van der Waals surface area contributed by atoms with Crippen LogP contribution in [-0.2, 0) is 0 Å². The summed E-state index contributed by atoms with van der Waals surface area (Å²) in [6.07, 6.45) is -0.342. The van der Waals surface area contributed by atoms with Gasteiger partial charge in [-0.05, 0) is 36.2 Å². The molecule has 0 fully saturated rings. The summed E-state index contributed by atoms with van der Waals surface area (Å²) in [5.74, 6) is -1.04. The Bertz CT molecular complexity index is 1040. The van der Waals surface area contributed by atoms with Gasteiger partial charge in [0.05, 0.1) is 17.5 Å². The van der Waals surface area contributed by atoms with Crippen LogP contribution in [0.1, 0.15) is 44.4 Å². The molecule has 1 heterocycles. The Hall–Kier alpha value is -3.60. The van der Waals surface area contributed by atoms with Gasteiger partial charge >= 0.3 is 5.97 Å². The standard InChI is InChI=1S/C23H18O5/c1-14-12-18(25)21(28-23(26)16-10-6-3-7-11-16)22-20(14)17(24)13-19(27-22)15-8-4-2-5-9-15/h2-12,19,25H,13H2,1H3. The van der Waals surface area contributed by atoms with Crippen molar-refractivity contribution in [3.05, 3.63) is 89.0 Å². The fourth-order valence-corrected chi connectivity index (χ4v) is 3.34. The smallest absolute Gasteiger partial charge is 0.343 e. The Balaban J connectivity index is 1.76. The molecule has 1 unspecified atom stereocenters. The predicted molar refractivity (Wildman–Crippen MR) is 103 cm³/mol. The minimum absolute atomic E-state index is 0.104. The van der Waals surface area contributed by atoms with Gasteiger partial charge in [-0.25, -0.2) is 4.79 Å². The molecular formula is C23H18O5. The van der Waals surface area contributed by atoms with Crippen LogP contribution < -0.4 is 9.47 Å². The quantitative estimate of drug-likeness (QED) is 0.535. The van der Waals surface area contributed by atoms with Crippen LogP contribution >= 0.6 is 0 Å². The van der Waals surface area contributed by atoms with Crippen molar-refractivity contribution in [3.63, 3.8) is 0 Å². The van der Waals surface area contributed by atoms with E-state index >= 15 is 0 Å². The molecule has 3 aromatic rings. The molecule has 1 aliphatic heterocycles. The molecule has 0 aliphatic carbocycles. The number of ether oxygens (including phenoxy) is 2. The third-order valence-electron chi connectivity index (χ3n) is 4.70. The van der Waals surface area contributed by atoms with E-state index < -0.39 is 12.1 Å². The van der Waals surface area contributed by atoms with Crippen LogP contribution in [0.25, 0.3) is 0 Å². The van der Waals surface area contributed by atoms with Gasteiger partial charge in [-0.3, -0.25) is 4.79 Å². The summed E-state index contributed by atoms with van der Waals surface area (Å²) in [4.78, 5) is 25.3. The topological polar surface area (TPSA) is 72.8 Å². The summed E-state index contributed by atoms with van der Waals surface area (Å²) in [5, 5.41) is 10.4. The number of hydrogen-bond acceptors (Lipinski definition) is 5. The Morgan fingerprint density at radius 3 is 2.39 bits per heavy atom. The highest BCUT2D eigenvalue weighted by Gasteiger charge is 2.34. The zero-order valence-corrected chi connectivity index (χ0v) is 15.2. The first-order valence-corrected chi connectivity index (χ1v) is 8.93. The first-order chi connectivity index (χ1) is 13.5. The second kappa shape index (κ2) is 7.19. The molecule has 0 bridgehead atoms. The van der Waals surface area contributed by atoms with Crippen molar-refractivity contribution in [2.45, 2.75) is 19.4 Å². The number of esters is 1. The summed E-state index contributed by atoms with van der Waals surface area (Å²) in [6.45, 7) is 1.71. The summed E-state index contributed by atoms with van der Waals surface area (Å²) < 4.78 is 11.5. The van der Waals surface area contributed by atoms with Crippen molar-refractivity contribution in [1.82, 2.24) is 0 Å². The second-order valence-corrected chi connectivity index (χ2v) is 6.65. The number of carbonyl (C=O) groups is 2. The molecule has 140 valence electrons. The van der Waals surface area contributed by atoms with E-state index in [1.807, 2.05) is 30.3 Å². The van der Waals surface area contributed by atoms with Gasteiger partial charge in [0.1, 0.15) is 6.10 Å². The fraction of sp³-hybridized carbons (Fsp3) is 0.130. The lowest BCUT2D eigenvalue weighted by atomic mass is 9.93. The molecule has 5 heteroatoms. The number of hydrogen-bond donors (Lipinski definition) is 1. The van der Waals surface area contributed by atoms with Gasteiger partial charge in [0.25, 0.3) is 0 Å². The van der Waals surface area contributed by atoms with Crippen molar-refractivity contribution in [2.75, 3.05) is 0 Å². The van der Waals surface area contributed by atoms with Crippen molar-refractivity contribution in [1.29, 1.82) is 0 Å². The van der Waals surface area contributed by atoms with E-state index in [0.29, 0.717) is 16.7 Å². The molecule has 0 radical (unpaired) electrons. The number of carbonyl (C=O) groups excluding carboxylic acids is 2. The first kappa shape index (κ1) is 17.8. The fourth-order valence-electron chi connectivity index (χ4n) is 3.34. The zero-order chi connectivity index (χ0) is 19.7. The Morgan fingerprint density at radius 2 is 1.71 bits per heavy atom. The third-order valence-corrected chi connectivity index (χ3v) is 4.70. The van der Waals surface area contributed by atoms with Gasteiger partial charge in [-0.1, -0.05) is 48.5 Å². The lowest BCUT2D eigenvalue weighted by Gasteiger charge is -2.28. The number of ketones is 1. The highest BCUT2D eigenvalue weighted by atomic mass is 16.6. The van der Waals surface area contributed by atoms with Gasteiger partial charge in [-0.2, -0.15) is 0 Å². The summed E-state index contributed by atoms with van der Waals surface area (Å²) in [5.41, 5.74) is 2.07. The number of rotatable bonds is 3. The number of fused-ring (bicyclic) bond motifs is 1. The van der Waals surface area contributed by atoms with E-state index in [4.69, 9.17) is 9.47 Å². The molecule has 0 saturated carbocycles. The molecule has 5 nitrogen and oxygen atoms in total. The van der Waals surface area contributed by atoms with Crippen molar-refractivity contribution < 1.29 is 24.2 Å². The van der Waals surface area contributed by atoms with Gasteiger partial charge < -0.3 is 14.6 Å². The van der Waals surface area contributed by atoms with Crippen molar-refractivity contribution >= 4 is 11.8 Å². The Kier molecular flexibility index (Phi) is 4.57. The monoisotopic (exact) mass is 374 g/mol. The SMILES string of the molecule is Cc1cc(O)c(OC(=O)c2ccccc2)c2c1C(=O)CC(c1ccccc1)O2. The molecule has 0 amide bonds. The molecule has 0 saturated heterocycles. The van der Waals surface area contributed by atoms with Crippen LogP contribution in [0.15, 0.2) is 66.7 Å². The van der Waals surface area contributed by atoms with Gasteiger partial charge in [0.15, 0.2) is 17.3 Å². The average molecular weight is 374 g/mol. The maximum Gasteiger partial charge on any atom is 0.343 e. The highest BCUT2D eigenvalue weighted by molar-refractivity contribution is 6.03. The maximum atomic E-state index is 12.8. The molecule has 0 spiro atoms. The third kappa shape index (κ3) is 3.22. The summed E-state index contributed by atoms with van der Waals surface area (Å²) in [7, 11) is 0. The minimum Gasteiger partial charge on any atom is -0.504 e. The van der Waals surface area contributed by atoms with Crippen LogP contribution in [0.3, 0.4) is 0 Å². The van der Waals surface area contributed by atoms with Crippen LogP contribution in [-0.4, -0.2) is 16.9 Å². The van der Waals surface area contributed by atoms with Gasteiger partial charge in [0, 0.05) is 0 Å². The van der Waals surface area contributed by atoms with E-state index in [0.717, 1.165) is 5.56 Å². The number of phenols is 1. The van der Waals surface area contributed by atoms with Crippen LogP contribution in [0.2, 0.25) is 0 Å². The molecular weight excluding hydrogens is 356 g/mol. The zero-order valence-electron chi connectivity index (χ0n) is 15.2. The van der Waals surface area contributed by atoms with Gasteiger partial charge in [-0.15, -0.1) is 0 Å². The molecule has 28 heavy (non-hydrogen) atoms. The first-order valence-electron chi connectivity index (χ1n) is 8.93. The highest BCUT2D eigenvalue weighted by Crippen LogP contribution is 2.47. The van der Waals surface area contributed by atoms with E-state index in [2.05, 4.69) is 0 Å². The number of aromatic hydroxyl groups is 1. The van der Waals surface area contributed by atoms with E-state index in [-0.39, 0.29) is 29.5 Å². The normalized spacial score (nSPS) is 15.5. The number of aryl methyl sites for hydroxylation is 1. The number of Topliss-reactive ketones (excluding diaryl/α,β-unsaturated/α-hetero) is 1. The maximum absolute atomic E-state index is 12.8. The van der Waals surface area contributed by atoms with E-state index in [1.54, 1.807) is 37.3 Å². The summed E-state index contributed by atoms with van der Waals surface area (Å²) in [6, 6.07) is 19.2. The molecule has 1 N–H and O–H groups in total. The molecule has 3 aromatic carbocycles. The van der Waals surface area contributed by atoms with Crippen LogP contribution in [0.4, 0.5) is 0 Å². The minimum atomic E-state index is -0.639. The predicted octanol–water partition coefficient (Wildman–Crippen LogP) is 4.63. The Labute approximate surface area is 162 Å². The molecule has 0 aromatic heterocycles. The molecule has 1 aliphatic rings. The van der Waals surface area contributed by atoms with Crippen molar-refractivity contribution in [3.8, 4) is 17.2 Å². The number of phenolic OH excluding ortho intramolecular Hbond substituents is 1. The largest absolute Gasteiger partial charge is 0.504 e. The van der Waals surface area contributed by atoms with E-state index in [1.165, 1.54) is 6.07 Å². The van der Waals surface area contributed by atoms with Crippen LogP contribution in [0, 0.1) is 6.92 Å².